The number of hydrogen-bond donors (Lipinski definition) is 2. The third kappa shape index (κ3) is 11.8. The number of hydrogen-bond acceptors (Lipinski definition) is 4. The first-order valence-electron chi connectivity index (χ1n) is 15.6. The zero-order valence-corrected chi connectivity index (χ0v) is 27.2. The maximum Gasteiger partial charge on any atom is 0.408 e. The van der Waals surface area contributed by atoms with Crippen molar-refractivity contribution in [3.05, 3.63) is 65.2 Å². The van der Waals surface area contributed by atoms with Crippen molar-refractivity contribution < 1.29 is 19.1 Å². The number of nitrogens with zero attached hydrogens (tertiary/aromatic N) is 1. The van der Waals surface area contributed by atoms with Crippen molar-refractivity contribution in [1.29, 1.82) is 0 Å². The summed E-state index contributed by atoms with van der Waals surface area (Å²) in [5, 5.41) is 5.86. The SMILES string of the molecule is C#Cc1ccccc1C(C(=O)Nc1ccccc1C)N(CCCCCCCC)C(=O)C(CC(C)C)NC(=O)OC(C)(C)C. The number of benzene rings is 2. The van der Waals surface area contributed by atoms with Crippen molar-refractivity contribution in [2.45, 2.75) is 111 Å². The molecule has 7 heteroatoms. The Kier molecular flexibility index (Phi) is 14.3. The highest BCUT2D eigenvalue weighted by molar-refractivity contribution is 5.99. The van der Waals surface area contributed by atoms with E-state index in [-0.39, 0.29) is 17.7 Å². The molecule has 0 fully saturated rings. The average molecular weight is 590 g/mol. The topological polar surface area (TPSA) is 87.7 Å². The summed E-state index contributed by atoms with van der Waals surface area (Å²) < 4.78 is 5.51. The van der Waals surface area contributed by atoms with Gasteiger partial charge in [0, 0.05) is 17.8 Å². The molecule has 0 aliphatic heterocycles. The van der Waals surface area contributed by atoms with Crippen LogP contribution in [-0.4, -0.2) is 41.0 Å². The molecule has 0 heterocycles. The molecule has 234 valence electrons. The van der Waals surface area contributed by atoms with E-state index < -0.39 is 23.8 Å². The van der Waals surface area contributed by atoms with E-state index in [1.807, 2.05) is 57.2 Å². The molecule has 0 aliphatic carbocycles. The van der Waals surface area contributed by atoms with Crippen molar-refractivity contribution in [3.8, 4) is 12.3 Å². The Hall–Kier alpha value is -3.79. The summed E-state index contributed by atoms with van der Waals surface area (Å²) in [6, 6.07) is 12.8. The van der Waals surface area contributed by atoms with Crippen molar-refractivity contribution >= 4 is 23.6 Å². The fraction of sp³-hybridized carbons (Fsp3) is 0.528. The van der Waals surface area contributed by atoms with Crippen LogP contribution in [0.5, 0.6) is 0 Å². The second-order valence-corrected chi connectivity index (χ2v) is 12.6. The monoisotopic (exact) mass is 589 g/mol. The lowest BCUT2D eigenvalue weighted by Crippen LogP contribution is -2.53. The van der Waals surface area contributed by atoms with Crippen LogP contribution >= 0.6 is 0 Å². The number of para-hydroxylation sites is 1. The molecule has 2 N–H and O–H groups in total. The molecule has 3 amide bonds. The molecule has 0 bridgehead atoms. The van der Waals surface area contributed by atoms with Gasteiger partial charge in [0.25, 0.3) is 5.91 Å². The molecule has 0 radical (unpaired) electrons. The van der Waals surface area contributed by atoms with Gasteiger partial charge in [0.05, 0.1) is 0 Å². The fourth-order valence-electron chi connectivity index (χ4n) is 5.00. The highest BCUT2D eigenvalue weighted by Gasteiger charge is 2.37. The molecule has 2 unspecified atom stereocenters. The number of rotatable bonds is 15. The van der Waals surface area contributed by atoms with Crippen LogP contribution in [0, 0.1) is 25.2 Å². The maximum atomic E-state index is 14.5. The third-order valence-corrected chi connectivity index (χ3v) is 7.11. The molecular weight excluding hydrogens is 538 g/mol. The first kappa shape index (κ1) is 35.4. The number of anilines is 1. The van der Waals surface area contributed by atoms with Gasteiger partial charge in [0.1, 0.15) is 17.7 Å². The Bertz CT molecular complexity index is 1240. The lowest BCUT2D eigenvalue weighted by atomic mass is 9.95. The molecule has 2 aromatic rings. The van der Waals surface area contributed by atoms with Gasteiger partial charge < -0.3 is 20.3 Å². The van der Waals surface area contributed by atoms with E-state index >= 15 is 0 Å². The summed E-state index contributed by atoms with van der Waals surface area (Å²) in [6.07, 6.45) is 11.7. The van der Waals surface area contributed by atoms with Crippen LogP contribution in [0.1, 0.15) is 109 Å². The Morgan fingerprint density at radius 2 is 1.58 bits per heavy atom. The van der Waals surface area contributed by atoms with Crippen LogP contribution < -0.4 is 10.6 Å². The third-order valence-electron chi connectivity index (χ3n) is 7.11. The number of ether oxygens (including phenoxy) is 1. The van der Waals surface area contributed by atoms with Crippen LogP contribution in [0.15, 0.2) is 48.5 Å². The van der Waals surface area contributed by atoms with E-state index in [9.17, 15) is 14.4 Å². The average Bonchev–Trinajstić information content (AvgIpc) is 2.93. The highest BCUT2D eigenvalue weighted by atomic mass is 16.6. The summed E-state index contributed by atoms with van der Waals surface area (Å²) >= 11 is 0. The van der Waals surface area contributed by atoms with Crippen LogP contribution in [-0.2, 0) is 14.3 Å². The zero-order valence-electron chi connectivity index (χ0n) is 27.2. The molecule has 2 rings (SSSR count). The van der Waals surface area contributed by atoms with Crippen LogP contribution in [0.2, 0.25) is 0 Å². The number of terminal acetylenes is 1. The van der Waals surface area contributed by atoms with E-state index in [0.29, 0.717) is 36.2 Å². The predicted molar refractivity (Wildman–Crippen MR) is 175 cm³/mol. The number of aryl methyl sites for hydroxylation is 1. The van der Waals surface area contributed by atoms with Gasteiger partial charge in [0.2, 0.25) is 5.91 Å². The molecular formula is C36H51N3O4. The fourth-order valence-corrected chi connectivity index (χ4v) is 5.00. The molecule has 0 saturated heterocycles. The quantitative estimate of drug-likeness (QED) is 0.164. The Balaban J connectivity index is 2.58. The molecule has 0 aliphatic rings. The Morgan fingerprint density at radius 1 is 0.953 bits per heavy atom. The summed E-state index contributed by atoms with van der Waals surface area (Å²) in [6.45, 7) is 13.7. The largest absolute Gasteiger partial charge is 0.444 e. The van der Waals surface area contributed by atoms with Gasteiger partial charge in [-0.1, -0.05) is 95.2 Å². The first-order valence-corrected chi connectivity index (χ1v) is 15.6. The van der Waals surface area contributed by atoms with Gasteiger partial charge in [-0.3, -0.25) is 9.59 Å². The second-order valence-electron chi connectivity index (χ2n) is 12.6. The zero-order chi connectivity index (χ0) is 32.0. The van der Waals surface area contributed by atoms with Gasteiger partial charge in [-0.25, -0.2) is 4.79 Å². The van der Waals surface area contributed by atoms with Crippen molar-refractivity contribution in [3.63, 3.8) is 0 Å². The molecule has 0 spiro atoms. The normalized spacial score (nSPS) is 12.6. The number of alkyl carbamates (subject to hydrolysis) is 1. The highest BCUT2D eigenvalue weighted by Crippen LogP contribution is 2.29. The number of nitrogens with one attached hydrogen (secondary N) is 2. The van der Waals surface area contributed by atoms with E-state index in [2.05, 4.69) is 23.5 Å². The van der Waals surface area contributed by atoms with Gasteiger partial charge >= 0.3 is 6.09 Å². The van der Waals surface area contributed by atoms with Crippen LogP contribution in [0.4, 0.5) is 10.5 Å². The minimum absolute atomic E-state index is 0.0945. The Labute approximate surface area is 259 Å². The van der Waals surface area contributed by atoms with Gasteiger partial charge in [0.15, 0.2) is 0 Å². The molecule has 0 saturated carbocycles. The Morgan fingerprint density at radius 3 is 2.21 bits per heavy atom. The van der Waals surface area contributed by atoms with E-state index in [1.165, 1.54) is 0 Å². The maximum absolute atomic E-state index is 14.5. The summed E-state index contributed by atoms with van der Waals surface area (Å²) in [4.78, 5) is 43.2. The first-order chi connectivity index (χ1) is 20.4. The van der Waals surface area contributed by atoms with E-state index in [4.69, 9.17) is 11.2 Å². The smallest absolute Gasteiger partial charge is 0.408 e. The van der Waals surface area contributed by atoms with Crippen molar-refractivity contribution in [2.75, 3.05) is 11.9 Å². The summed E-state index contributed by atoms with van der Waals surface area (Å²) in [5.41, 5.74) is 1.94. The molecule has 0 aromatic heterocycles. The van der Waals surface area contributed by atoms with E-state index in [0.717, 1.165) is 37.7 Å². The van der Waals surface area contributed by atoms with E-state index in [1.54, 1.807) is 37.8 Å². The van der Waals surface area contributed by atoms with Crippen molar-refractivity contribution in [1.82, 2.24) is 10.2 Å². The van der Waals surface area contributed by atoms with Crippen molar-refractivity contribution in [2.24, 2.45) is 5.92 Å². The number of carbonyl (C=O) groups excluding carboxylic acids is 3. The number of carbonyl (C=O) groups is 3. The molecule has 2 atom stereocenters. The predicted octanol–water partition coefficient (Wildman–Crippen LogP) is 7.78. The molecule has 2 aromatic carbocycles. The number of unbranched alkanes of at least 4 members (excludes halogenated alkanes) is 5. The number of amides is 3. The molecule has 7 nitrogen and oxygen atoms in total. The van der Waals surface area contributed by atoms with Gasteiger partial charge in [-0.15, -0.1) is 6.42 Å². The van der Waals surface area contributed by atoms with Gasteiger partial charge in [-0.05, 0) is 69.7 Å². The van der Waals surface area contributed by atoms with Crippen LogP contribution in [0.25, 0.3) is 0 Å². The second kappa shape index (κ2) is 17.4. The minimum atomic E-state index is -1.01. The lowest BCUT2D eigenvalue weighted by molar-refractivity contribution is -0.141. The summed E-state index contributed by atoms with van der Waals surface area (Å²) in [7, 11) is 0. The van der Waals surface area contributed by atoms with Crippen LogP contribution in [0.3, 0.4) is 0 Å². The minimum Gasteiger partial charge on any atom is -0.444 e. The van der Waals surface area contributed by atoms with Gasteiger partial charge in [-0.2, -0.15) is 0 Å². The molecule has 43 heavy (non-hydrogen) atoms. The summed E-state index contributed by atoms with van der Waals surface area (Å²) in [5.74, 6) is 2.09. The lowest BCUT2D eigenvalue weighted by Gasteiger charge is -2.35. The standard InChI is InChI=1S/C36H51N3O4/c1-9-11-12-13-14-19-24-39(34(41)31(25-26(3)4)38-35(42)43-36(6,7)8)32(29-22-17-16-21-28(29)10-2)33(40)37-30-23-18-15-20-27(30)5/h2,15-18,20-23,26,31-32H,9,11-14,19,24-25H2,1,3-8H3,(H,37,40)(H,38,42).